The lowest BCUT2D eigenvalue weighted by molar-refractivity contribution is 0.222. The van der Waals surface area contributed by atoms with Crippen molar-refractivity contribution in [3.8, 4) is 0 Å². The minimum atomic E-state index is 0.00280. The number of piperazine rings is 1. The van der Waals surface area contributed by atoms with Crippen LogP contribution >= 0.6 is 0 Å². The lowest BCUT2D eigenvalue weighted by atomic mass is 10.3. The molecule has 0 unspecified atom stereocenters. The molecular weight excluding hydrogens is 266 g/mol. The molecule has 0 aromatic carbocycles. The summed E-state index contributed by atoms with van der Waals surface area (Å²) in [5.41, 5.74) is 0.829. The van der Waals surface area contributed by atoms with Gasteiger partial charge < -0.3 is 20.0 Å². The van der Waals surface area contributed by atoms with Crippen molar-refractivity contribution in [2.24, 2.45) is 0 Å². The van der Waals surface area contributed by atoms with Crippen molar-refractivity contribution in [2.45, 2.75) is 12.8 Å². The van der Waals surface area contributed by atoms with E-state index in [0.29, 0.717) is 0 Å². The van der Waals surface area contributed by atoms with Gasteiger partial charge in [-0.2, -0.15) is 0 Å². The number of hydrogen-bond acceptors (Lipinski definition) is 4. The number of likely N-dealkylation sites (N-methyl/N-ethyl adjacent to an activating group) is 1. The first-order valence-corrected chi connectivity index (χ1v) is 7.68. The molecule has 6 nitrogen and oxygen atoms in total. The maximum absolute atomic E-state index is 12.1. The molecule has 0 bridgehead atoms. The average Bonchev–Trinajstić information content (AvgIpc) is 3.02. The molecule has 0 saturated carbocycles. The molecule has 1 aromatic heterocycles. The van der Waals surface area contributed by atoms with Crippen LogP contribution in [-0.4, -0.2) is 67.1 Å². The van der Waals surface area contributed by atoms with E-state index in [2.05, 4.69) is 27.1 Å². The molecule has 1 aromatic rings. The highest BCUT2D eigenvalue weighted by Gasteiger charge is 2.19. The molecule has 6 heteroatoms. The second-order valence-electron chi connectivity index (χ2n) is 5.82. The van der Waals surface area contributed by atoms with Gasteiger partial charge in [-0.25, -0.2) is 9.78 Å². The quantitative estimate of drug-likeness (QED) is 0.895. The zero-order valence-electron chi connectivity index (χ0n) is 12.6. The van der Waals surface area contributed by atoms with Crippen molar-refractivity contribution in [1.82, 2.24) is 14.8 Å². The molecule has 2 amide bonds. The first-order chi connectivity index (χ1) is 10.2. The summed E-state index contributed by atoms with van der Waals surface area (Å²) in [6.07, 6.45) is 3.99. The van der Waals surface area contributed by atoms with Crippen molar-refractivity contribution in [1.29, 1.82) is 0 Å². The van der Waals surface area contributed by atoms with E-state index in [-0.39, 0.29) is 6.03 Å². The molecule has 114 valence electrons. The van der Waals surface area contributed by atoms with Gasteiger partial charge in [-0.3, -0.25) is 0 Å². The van der Waals surface area contributed by atoms with Crippen LogP contribution in [0, 0.1) is 0 Å². The number of carbonyl (C=O) groups excluding carboxylic acids is 1. The molecule has 3 heterocycles. The van der Waals surface area contributed by atoms with Crippen molar-refractivity contribution >= 4 is 17.5 Å². The third-order valence-corrected chi connectivity index (χ3v) is 4.22. The minimum absolute atomic E-state index is 0.00280. The second kappa shape index (κ2) is 6.30. The van der Waals surface area contributed by atoms with Crippen LogP contribution in [0.2, 0.25) is 0 Å². The van der Waals surface area contributed by atoms with E-state index in [0.717, 1.165) is 63.6 Å². The van der Waals surface area contributed by atoms with Crippen LogP contribution in [0.3, 0.4) is 0 Å². The van der Waals surface area contributed by atoms with Crippen LogP contribution in [0.25, 0.3) is 0 Å². The molecule has 2 aliphatic heterocycles. The Kier molecular flexibility index (Phi) is 4.24. The molecule has 1 N–H and O–H groups in total. The first kappa shape index (κ1) is 14.1. The van der Waals surface area contributed by atoms with Gasteiger partial charge in [-0.05, 0) is 26.0 Å². The number of amides is 2. The highest BCUT2D eigenvalue weighted by molar-refractivity contribution is 5.89. The number of pyridine rings is 1. The summed E-state index contributed by atoms with van der Waals surface area (Å²) in [6.45, 7) is 5.78. The first-order valence-electron chi connectivity index (χ1n) is 7.68. The van der Waals surface area contributed by atoms with Gasteiger partial charge in [0.15, 0.2) is 0 Å². The number of likely N-dealkylation sites (tertiary alicyclic amines) is 1. The molecule has 0 radical (unpaired) electrons. The van der Waals surface area contributed by atoms with Crippen molar-refractivity contribution < 1.29 is 4.79 Å². The second-order valence-corrected chi connectivity index (χ2v) is 5.82. The van der Waals surface area contributed by atoms with Crippen LogP contribution in [0.4, 0.5) is 16.3 Å². The maximum atomic E-state index is 12.1. The van der Waals surface area contributed by atoms with Gasteiger partial charge in [0.05, 0.1) is 0 Å². The molecule has 3 rings (SSSR count). The maximum Gasteiger partial charge on any atom is 0.321 e. The number of anilines is 2. The topological polar surface area (TPSA) is 51.7 Å². The van der Waals surface area contributed by atoms with Crippen LogP contribution in [0.5, 0.6) is 0 Å². The summed E-state index contributed by atoms with van der Waals surface area (Å²) in [5.74, 6) is 0.947. The minimum Gasteiger partial charge on any atom is -0.354 e. The molecule has 2 fully saturated rings. The monoisotopic (exact) mass is 289 g/mol. The summed E-state index contributed by atoms with van der Waals surface area (Å²) in [5, 5.41) is 2.98. The summed E-state index contributed by atoms with van der Waals surface area (Å²) in [7, 11) is 2.14. The van der Waals surface area contributed by atoms with Gasteiger partial charge in [0, 0.05) is 57.2 Å². The Bertz CT molecular complexity index is 493. The van der Waals surface area contributed by atoms with Gasteiger partial charge >= 0.3 is 6.03 Å². The van der Waals surface area contributed by atoms with E-state index in [4.69, 9.17) is 0 Å². The Balaban J connectivity index is 1.64. The summed E-state index contributed by atoms with van der Waals surface area (Å²) in [6, 6.07) is 3.83. The fourth-order valence-electron chi connectivity index (χ4n) is 2.83. The Hall–Kier alpha value is -1.82. The highest BCUT2D eigenvalue weighted by atomic mass is 16.2. The third-order valence-electron chi connectivity index (χ3n) is 4.22. The van der Waals surface area contributed by atoms with Crippen LogP contribution in [-0.2, 0) is 0 Å². The largest absolute Gasteiger partial charge is 0.354 e. The number of hydrogen-bond donors (Lipinski definition) is 1. The predicted octanol–water partition coefficient (Wildman–Crippen LogP) is 1.46. The fourth-order valence-corrected chi connectivity index (χ4v) is 2.83. The van der Waals surface area contributed by atoms with Crippen molar-refractivity contribution in [3.63, 3.8) is 0 Å². The number of nitrogens with zero attached hydrogens (tertiary/aromatic N) is 4. The lowest BCUT2D eigenvalue weighted by Crippen LogP contribution is -2.44. The Morgan fingerprint density at radius 2 is 1.86 bits per heavy atom. The van der Waals surface area contributed by atoms with Gasteiger partial charge in [0.1, 0.15) is 5.82 Å². The van der Waals surface area contributed by atoms with E-state index in [1.165, 1.54) is 0 Å². The van der Waals surface area contributed by atoms with Gasteiger partial charge in [0.2, 0.25) is 0 Å². The van der Waals surface area contributed by atoms with Crippen molar-refractivity contribution in [3.05, 3.63) is 18.3 Å². The highest BCUT2D eigenvalue weighted by Crippen LogP contribution is 2.19. The molecule has 2 saturated heterocycles. The van der Waals surface area contributed by atoms with Gasteiger partial charge in [-0.1, -0.05) is 0 Å². The average molecular weight is 289 g/mol. The van der Waals surface area contributed by atoms with Crippen LogP contribution < -0.4 is 10.2 Å². The summed E-state index contributed by atoms with van der Waals surface area (Å²) >= 11 is 0. The predicted molar refractivity (Wildman–Crippen MR) is 83.8 cm³/mol. The van der Waals surface area contributed by atoms with Gasteiger partial charge in [0.25, 0.3) is 0 Å². The number of carbonyl (C=O) groups is 1. The smallest absolute Gasteiger partial charge is 0.321 e. The summed E-state index contributed by atoms with van der Waals surface area (Å²) in [4.78, 5) is 23.0. The number of rotatable bonds is 2. The van der Waals surface area contributed by atoms with Crippen molar-refractivity contribution in [2.75, 3.05) is 56.5 Å². The normalized spacial score (nSPS) is 19.9. The van der Waals surface area contributed by atoms with Crippen LogP contribution in [0.15, 0.2) is 18.3 Å². The Labute approximate surface area is 125 Å². The van der Waals surface area contributed by atoms with E-state index in [9.17, 15) is 4.79 Å². The third kappa shape index (κ3) is 3.44. The Morgan fingerprint density at radius 3 is 2.57 bits per heavy atom. The van der Waals surface area contributed by atoms with E-state index in [1.54, 1.807) is 6.20 Å². The molecule has 0 spiro atoms. The fraction of sp³-hybridized carbons (Fsp3) is 0.600. The molecule has 0 atom stereocenters. The Morgan fingerprint density at radius 1 is 1.14 bits per heavy atom. The summed E-state index contributed by atoms with van der Waals surface area (Å²) < 4.78 is 0. The standard InChI is InChI=1S/C15H23N5O/c1-18-8-10-19(11-9-18)14-12-13(4-5-16-14)17-15(21)20-6-2-3-7-20/h4-5,12H,2-3,6-11H2,1H3,(H,16,17,21). The number of aromatic nitrogens is 1. The van der Waals surface area contributed by atoms with Gasteiger partial charge in [-0.15, -0.1) is 0 Å². The van der Waals surface area contributed by atoms with E-state index >= 15 is 0 Å². The molecule has 0 aliphatic carbocycles. The lowest BCUT2D eigenvalue weighted by Gasteiger charge is -2.33. The van der Waals surface area contributed by atoms with E-state index < -0.39 is 0 Å². The number of nitrogens with one attached hydrogen (secondary N) is 1. The molecule has 21 heavy (non-hydrogen) atoms. The number of urea groups is 1. The van der Waals surface area contributed by atoms with Crippen LogP contribution in [0.1, 0.15) is 12.8 Å². The van der Waals surface area contributed by atoms with E-state index in [1.807, 2.05) is 17.0 Å². The SMILES string of the molecule is CN1CCN(c2cc(NC(=O)N3CCCC3)ccn2)CC1. The molecule has 2 aliphatic rings. The zero-order chi connectivity index (χ0) is 14.7. The molecular formula is C15H23N5O. The zero-order valence-corrected chi connectivity index (χ0v) is 12.6.